The molecule has 0 bridgehead atoms. The molecule has 0 unspecified atom stereocenters. The minimum atomic E-state index is -0.0400. The van der Waals surface area contributed by atoms with Gasteiger partial charge in [0.25, 0.3) is 0 Å². The van der Waals surface area contributed by atoms with Crippen molar-refractivity contribution in [2.24, 2.45) is 0 Å². The van der Waals surface area contributed by atoms with Crippen LogP contribution < -0.4 is 5.32 Å². The van der Waals surface area contributed by atoms with E-state index < -0.39 is 0 Å². The van der Waals surface area contributed by atoms with Crippen LogP contribution >= 0.6 is 0 Å². The number of allylic oxidation sites excluding steroid dienone is 1. The first kappa shape index (κ1) is 13.5. The van der Waals surface area contributed by atoms with Gasteiger partial charge in [0.15, 0.2) is 0 Å². The summed E-state index contributed by atoms with van der Waals surface area (Å²) in [5.41, 5.74) is 1.00. The fourth-order valence-electron chi connectivity index (χ4n) is 1.73. The Morgan fingerprint density at radius 3 is 2.12 bits per heavy atom. The molecule has 0 radical (unpaired) electrons. The molecular formula is C12H21N3O2. The molecule has 0 atom stereocenters. The molecule has 5 heteroatoms. The molecule has 1 saturated heterocycles. The van der Waals surface area contributed by atoms with E-state index in [0.717, 1.165) is 5.57 Å². The Hall–Kier alpha value is -1.52. The molecule has 0 saturated carbocycles. The first-order valence-corrected chi connectivity index (χ1v) is 6.01. The van der Waals surface area contributed by atoms with Crippen molar-refractivity contribution in [3.8, 4) is 0 Å². The van der Waals surface area contributed by atoms with Gasteiger partial charge in [-0.15, -0.1) is 0 Å². The Morgan fingerprint density at radius 1 is 1.12 bits per heavy atom. The van der Waals surface area contributed by atoms with Crippen molar-refractivity contribution in [3.05, 3.63) is 11.6 Å². The highest BCUT2D eigenvalue weighted by Crippen LogP contribution is 2.04. The molecule has 5 nitrogen and oxygen atoms in total. The molecule has 3 amide bonds. The van der Waals surface area contributed by atoms with E-state index in [4.69, 9.17) is 0 Å². The number of amides is 3. The zero-order valence-electron chi connectivity index (χ0n) is 10.8. The largest absolute Gasteiger partial charge is 0.338 e. The predicted molar refractivity (Wildman–Crippen MR) is 66.7 cm³/mol. The van der Waals surface area contributed by atoms with E-state index in [0.29, 0.717) is 32.7 Å². The number of nitrogens with zero attached hydrogens (tertiary/aromatic N) is 2. The van der Waals surface area contributed by atoms with Gasteiger partial charge in [-0.05, 0) is 20.8 Å². The molecule has 0 spiro atoms. The van der Waals surface area contributed by atoms with Crippen LogP contribution in [-0.2, 0) is 4.79 Å². The lowest BCUT2D eigenvalue weighted by Crippen LogP contribution is -2.52. The zero-order valence-corrected chi connectivity index (χ0v) is 10.8. The molecule has 1 rings (SSSR count). The van der Waals surface area contributed by atoms with E-state index in [2.05, 4.69) is 5.32 Å². The molecule has 17 heavy (non-hydrogen) atoms. The lowest BCUT2D eigenvalue weighted by molar-refractivity contribution is -0.127. The molecular weight excluding hydrogens is 218 g/mol. The van der Waals surface area contributed by atoms with Gasteiger partial charge in [0.05, 0.1) is 0 Å². The van der Waals surface area contributed by atoms with Gasteiger partial charge in [-0.2, -0.15) is 0 Å². The number of carbonyl (C=O) groups is 2. The van der Waals surface area contributed by atoms with Gasteiger partial charge in [-0.25, -0.2) is 4.79 Å². The topological polar surface area (TPSA) is 52.7 Å². The Labute approximate surface area is 102 Å². The maximum atomic E-state index is 11.7. The fraction of sp³-hybridized carbons (Fsp3) is 0.667. The third-order valence-corrected chi connectivity index (χ3v) is 2.62. The molecule has 1 aliphatic heterocycles. The molecule has 1 N–H and O–H groups in total. The van der Waals surface area contributed by atoms with Gasteiger partial charge in [0, 0.05) is 38.8 Å². The van der Waals surface area contributed by atoms with Gasteiger partial charge in [-0.1, -0.05) is 5.57 Å². The molecule has 96 valence electrons. The minimum absolute atomic E-state index is 0.0400. The number of nitrogens with one attached hydrogen (secondary N) is 1. The van der Waals surface area contributed by atoms with Crippen LogP contribution in [0.1, 0.15) is 20.8 Å². The Morgan fingerprint density at radius 2 is 1.65 bits per heavy atom. The average Bonchev–Trinajstić information content (AvgIpc) is 2.28. The summed E-state index contributed by atoms with van der Waals surface area (Å²) < 4.78 is 0. The molecule has 0 aromatic carbocycles. The van der Waals surface area contributed by atoms with Crippen molar-refractivity contribution in [2.75, 3.05) is 32.7 Å². The maximum Gasteiger partial charge on any atom is 0.317 e. The van der Waals surface area contributed by atoms with Crippen LogP contribution in [0.2, 0.25) is 0 Å². The van der Waals surface area contributed by atoms with Crippen molar-refractivity contribution in [2.45, 2.75) is 20.8 Å². The number of rotatable bonds is 2. The fourth-order valence-corrected chi connectivity index (χ4v) is 1.73. The lowest BCUT2D eigenvalue weighted by atomic mass is 10.2. The molecule has 0 aromatic rings. The Balaban J connectivity index is 2.43. The maximum absolute atomic E-state index is 11.7. The van der Waals surface area contributed by atoms with E-state index >= 15 is 0 Å². The highest BCUT2D eigenvalue weighted by molar-refractivity contribution is 5.88. The zero-order chi connectivity index (χ0) is 12.8. The number of hydrogen-bond acceptors (Lipinski definition) is 2. The van der Waals surface area contributed by atoms with Crippen LogP contribution in [0.5, 0.6) is 0 Å². The minimum Gasteiger partial charge on any atom is -0.338 e. The highest BCUT2D eigenvalue weighted by Gasteiger charge is 2.22. The van der Waals surface area contributed by atoms with Gasteiger partial charge in [-0.3, -0.25) is 4.79 Å². The molecule has 1 fully saturated rings. The number of urea groups is 1. The van der Waals surface area contributed by atoms with Gasteiger partial charge < -0.3 is 15.1 Å². The van der Waals surface area contributed by atoms with E-state index in [1.54, 1.807) is 15.9 Å². The Kier molecular flexibility index (Phi) is 5.00. The van der Waals surface area contributed by atoms with Crippen molar-refractivity contribution < 1.29 is 9.59 Å². The molecule has 0 aliphatic carbocycles. The molecule has 1 heterocycles. The summed E-state index contributed by atoms with van der Waals surface area (Å²) in [6.45, 7) is 8.77. The summed E-state index contributed by atoms with van der Waals surface area (Å²) in [4.78, 5) is 26.8. The van der Waals surface area contributed by atoms with Crippen LogP contribution in [-0.4, -0.2) is 54.5 Å². The summed E-state index contributed by atoms with van der Waals surface area (Å²) in [5, 5.41) is 2.76. The predicted octanol–water partition coefficient (Wildman–Crippen LogP) is 0.826. The highest BCUT2D eigenvalue weighted by atomic mass is 16.2. The van der Waals surface area contributed by atoms with Crippen LogP contribution in [0.25, 0.3) is 0 Å². The van der Waals surface area contributed by atoms with Crippen molar-refractivity contribution >= 4 is 11.9 Å². The van der Waals surface area contributed by atoms with Crippen molar-refractivity contribution in [1.29, 1.82) is 0 Å². The smallest absolute Gasteiger partial charge is 0.317 e. The van der Waals surface area contributed by atoms with Gasteiger partial charge >= 0.3 is 6.03 Å². The van der Waals surface area contributed by atoms with Gasteiger partial charge in [0.2, 0.25) is 5.91 Å². The Bertz CT molecular complexity index is 314. The standard InChI is InChI=1S/C12H21N3O2/c1-4-13-12(17)15-7-5-14(6-8-15)11(16)9-10(2)3/h9H,4-8H2,1-3H3,(H,13,17). The monoisotopic (exact) mass is 239 g/mol. The third kappa shape index (κ3) is 4.09. The second-order valence-corrected chi connectivity index (χ2v) is 4.37. The SMILES string of the molecule is CCNC(=O)N1CCN(C(=O)C=C(C)C)CC1. The first-order valence-electron chi connectivity index (χ1n) is 6.01. The van der Waals surface area contributed by atoms with Crippen molar-refractivity contribution in [3.63, 3.8) is 0 Å². The van der Waals surface area contributed by atoms with E-state index in [-0.39, 0.29) is 11.9 Å². The van der Waals surface area contributed by atoms with E-state index in [1.165, 1.54) is 0 Å². The quantitative estimate of drug-likeness (QED) is 0.726. The van der Waals surface area contributed by atoms with E-state index in [1.807, 2.05) is 20.8 Å². The summed E-state index contributed by atoms with van der Waals surface area (Å²) in [5.74, 6) is 0.0422. The second kappa shape index (κ2) is 6.27. The number of carbonyl (C=O) groups excluding carboxylic acids is 2. The summed E-state index contributed by atoms with van der Waals surface area (Å²) in [6, 6.07) is -0.0400. The van der Waals surface area contributed by atoms with Crippen LogP contribution in [0.4, 0.5) is 4.79 Å². The number of hydrogen-bond donors (Lipinski definition) is 1. The summed E-state index contributed by atoms with van der Waals surface area (Å²) in [6.07, 6.45) is 1.64. The van der Waals surface area contributed by atoms with Crippen molar-refractivity contribution in [1.82, 2.24) is 15.1 Å². The lowest BCUT2D eigenvalue weighted by Gasteiger charge is -2.34. The van der Waals surface area contributed by atoms with Gasteiger partial charge in [0.1, 0.15) is 0 Å². The third-order valence-electron chi connectivity index (χ3n) is 2.62. The molecule has 1 aliphatic rings. The summed E-state index contributed by atoms with van der Waals surface area (Å²) in [7, 11) is 0. The normalized spacial score (nSPS) is 15.5. The second-order valence-electron chi connectivity index (χ2n) is 4.37. The number of piperazine rings is 1. The summed E-state index contributed by atoms with van der Waals surface area (Å²) >= 11 is 0. The average molecular weight is 239 g/mol. The van der Waals surface area contributed by atoms with Crippen LogP contribution in [0, 0.1) is 0 Å². The van der Waals surface area contributed by atoms with Crippen LogP contribution in [0.15, 0.2) is 11.6 Å². The first-order chi connectivity index (χ1) is 8.04. The molecule has 0 aromatic heterocycles. The van der Waals surface area contributed by atoms with Crippen LogP contribution in [0.3, 0.4) is 0 Å². The van der Waals surface area contributed by atoms with E-state index in [9.17, 15) is 9.59 Å².